The third kappa shape index (κ3) is 2.66. The number of hydrogen-bond donors (Lipinski definition) is 0. The Hall–Kier alpha value is -1.87. The van der Waals surface area contributed by atoms with Gasteiger partial charge in [-0.2, -0.15) is 5.10 Å². The summed E-state index contributed by atoms with van der Waals surface area (Å²) in [5.74, 6) is 0.928. The lowest BCUT2D eigenvalue weighted by Gasteiger charge is -2.04. The van der Waals surface area contributed by atoms with Crippen LogP contribution in [-0.4, -0.2) is 14.6 Å². The van der Waals surface area contributed by atoms with Crippen LogP contribution in [-0.2, 0) is 6.42 Å². The van der Waals surface area contributed by atoms with Gasteiger partial charge in [-0.1, -0.05) is 36.6 Å². The summed E-state index contributed by atoms with van der Waals surface area (Å²) in [5.41, 5.74) is 4.04. The average molecular weight is 298 g/mol. The molecule has 1 fully saturated rings. The smallest absolute Gasteiger partial charge is 0.154 e. The summed E-state index contributed by atoms with van der Waals surface area (Å²) >= 11 is 6.09. The van der Waals surface area contributed by atoms with Crippen LogP contribution in [0.1, 0.15) is 25.0 Å². The van der Waals surface area contributed by atoms with Crippen LogP contribution in [0.4, 0.5) is 0 Å². The minimum atomic E-state index is 0.729. The molecule has 1 aliphatic carbocycles. The van der Waals surface area contributed by atoms with Crippen LogP contribution in [0.5, 0.6) is 0 Å². The Kier molecular flexibility index (Phi) is 3.15. The highest BCUT2D eigenvalue weighted by Crippen LogP contribution is 2.33. The largest absolute Gasteiger partial charge is 0.235 e. The van der Waals surface area contributed by atoms with Gasteiger partial charge in [-0.25, -0.2) is 9.50 Å². The summed E-state index contributed by atoms with van der Waals surface area (Å²) in [5, 5.41) is 5.48. The van der Waals surface area contributed by atoms with Gasteiger partial charge in [0, 0.05) is 10.6 Å². The highest BCUT2D eigenvalue weighted by Gasteiger charge is 2.21. The first kappa shape index (κ1) is 12.8. The maximum Gasteiger partial charge on any atom is 0.154 e. The molecule has 0 bridgehead atoms. The molecule has 0 aliphatic heterocycles. The van der Waals surface area contributed by atoms with Gasteiger partial charge in [-0.05, 0) is 43.0 Å². The number of fused-ring (bicyclic) bond motifs is 1. The predicted octanol–water partition coefficient (Wildman–Crippen LogP) is 4.39. The molecule has 2 aromatic heterocycles. The normalized spacial score (nSPS) is 14.7. The first-order valence-electron chi connectivity index (χ1n) is 7.39. The minimum absolute atomic E-state index is 0.729. The molecule has 3 nitrogen and oxygen atoms in total. The van der Waals surface area contributed by atoms with Gasteiger partial charge in [0.15, 0.2) is 5.65 Å². The maximum atomic E-state index is 6.09. The van der Waals surface area contributed by atoms with E-state index in [1.54, 1.807) is 0 Å². The molecule has 1 aromatic carbocycles. The van der Waals surface area contributed by atoms with Crippen molar-refractivity contribution in [2.45, 2.75) is 25.7 Å². The van der Waals surface area contributed by atoms with E-state index < -0.39 is 0 Å². The van der Waals surface area contributed by atoms with Crippen molar-refractivity contribution in [3.05, 3.63) is 53.3 Å². The van der Waals surface area contributed by atoms with Crippen molar-refractivity contribution in [1.29, 1.82) is 0 Å². The number of nitrogens with zero attached hydrogens (tertiary/aromatic N) is 3. The molecule has 0 N–H and O–H groups in total. The fourth-order valence-corrected chi connectivity index (χ4v) is 2.84. The fraction of sp³-hybridized carbons (Fsp3) is 0.294. The lowest BCUT2D eigenvalue weighted by Crippen LogP contribution is -2.00. The monoisotopic (exact) mass is 297 g/mol. The van der Waals surface area contributed by atoms with E-state index >= 15 is 0 Å². The van der Waals surface area contributed by atoms with Crippen LogP contribution >= 0.6 is 11.6 Å². The van der Waals surface area contributed by atoms with Crippen molar-refractivity contribution in [2.75, 3.05) is 0 Å². The summed E-state index contributed by atoms with van der Waals surface area (Å²) < 4.78 is 1.92. The summed E-state index contributed by atoms with van der Waals surface area (Å²) in [6, 6.07) is 11.9. The maximum absolute atomic E-state index is 6.09. The van der Waals surface area contributed by atoms with Crippen molar-refractivity contribution < 1.29 is 0 Å². The molecule has 0 saturated heterocycles. The Labute approximate surface area is 128 Å². The standard InChI is InChI=1S/C17H16ClN3/c18-14-3-1-2-13(10-14)16-11-19-17-9-8-15(20-21(16)17)7-6-12-4-5-12/h1-3,8-12H,4-7H2. The highest BCUT2D eigenvalue weighted by molar-refractivity contribution is 6.30. The van der Waals surface area contributed by atoms with Gasteiger partial charge in [-0.3, -0.25) is 0 Å². The van der Waals surface area contributed by atoms with Gasteiger partial charge in [0.05, 0.1) is 17.6 Å². The predicted molar refractivity (Wildman–Crippen MR) is 84.5 cm³/mol. The van der Waals surface area contributed by atoms with E-state index in [4.69, 9.17) is 16.7 Å². The number of hydrogen-bond acceptors (Lipinski definition) is 2. The first-order valence-corrected chi connectivity index (χ1v) is 7.77. The van der Waals surface area contributed by atoms with E-state index in [9.17, 15) is 0 Å². The zero-order valence-corrected chi connectivity index (χ0v) is 12.4. The number of aryl methyl sites for hydroxylation is 1. The SMILES string of the molecule is Clc1cccc(-c2cnc3ccc(CCC4CC4)nn23)c1. The molecule has 106 valence electrons. The van der Waals surface area contributed by atoms with Crippen LogP contribution in [0.3, 0.4) is 0 Å². The van der Waals surface area contributed by atoms with E-state index in [1.165, 1.54) is 19.3 Å². The second kappa shape index (κ2) is 5.15. The lowest BCUT2D eigenvalue weighted by molar-refractivity contribution is 0.699. The zero-order chi connectivity index (χ0) is 14.2. The second-order valence-corrected chi connectivity index (χ2v) is 6.17. The Morgan fingerprint density at radius 1 is 1.19 bits per heavy atom. The Morgan fingerprint density at radius 2 is 2.10 bits per heavy atom. The number of benzene rings is 1. The van der Waals surface area contributed by atoms with Crippen LogP contribution in [0.15, 0.2) is 42.6 Å². The van der Waals surface area contributed by atoms with Crippen molar-refractivity contribution in [3.8, 4) is 11.3 Å². The third-order valence-corrected chi connectivity index (χ3v) is 4.28. The molecule has 0 spiro atoms. The first-order chi connectivity index (χ1) is 10.3. The van der Waals surface area contributed by atoms with Gasteiger partial charge in [-0.15, -0.1) is 0 Å². The molecule has 3 aromatic rings. The number of aromatic nitrogens is 3. The fourth-order valence-electron chi connectivity index (χ4n) is 2.65. The second-order valence-electron chi connectivity index (χ2n) is 5.73. The van der Waals surface area contributed by atoms with Crippen LogP contribution < -0.4 is 0 Å². The summed E-state index contributed by atoms with van der Waals surface area (Å²) in [6.07, 6.45) is 6.94. The van der Waals surface area contributed by atoms with E-state index in [2.05, 4.69) is 11.1 Å². The number of halogens is 1. The molecule has 21 heavy (non-hydrogen) atoms. The molecule has 0 unspecified atom stereocenters. The summed E-state index contributed by atoms with van der Waals surface area (Å²) in [7, 11) is 0. The molecule has 0 atom stereocenters. The van der Waals surface area contributed by atoms with Crippen molar-refractivity contribution in [2.24, 2.45) is 5.92 Å². The van der Waals surface area contributed by atoms with Gasteiger partial charge < -0.3 is 0 Å². The van der Waals surface area contributed by atoms with Crippen LogP contribution in [0, 0.1) is 5.92 Å². The molecular formula is C17H16ClN3. The Morgan fingerprint density at radius 3 is 2.90 bits per heavy atom. The molecule has 0 radical (unpaired) electrons. The van der Waals surface area contributed by atoms with E-state index in [1.807, 2.05) is 41.0 Å². The number of imidazole rings is 1. The molecule has 1 saturated carbocycles. The Balaban J connectivity index is 1.72. The van der Waals surface area contributed by atoms with Crippen LogP contribution in [0.2, 0.25) is 5.02 Å². The van der Waals surface area contributed by atoms with Gasteiger partial charge in [0.2, 0.25) is 0 Å². The van der Waals surface area contributed by atoms with Crippen LogP contribution in [0.25, 0.3) is 16.9 Å². The van der Waals surface area contributed by atoms with Crippen molar-refractivity contribution >= 4 is 17.2 Å². The molecule has 4 heteroatoms. The topological polar surface area (TPSA) is 30.2 Å². The van der Waals surface area contributed by atoms with Crippen molar-refractivity contribution in [3.63, 3.8) is 0 Å². The third-order valence-electron chi connectivity index (χ3n) is 4.04. The number of rotatable bonds is 4. The summed E-state index contributed by atoms with van der Waals surface area (Å²) in [6.45, 7) is 0. The average Bonchev–Trinajstić information content (AvgIpc) is 3.23. The molecular weight excluding hydrogens is 282 g/mol. The Bertz CT molecular complexity index is 790. The van der Waals surface area contributed by atoms with Crippen molar-refractivity contribution in [1.82, 2.24) is 14.6 Å². The van der Waals surface area contributed by atoms with E-state index in [-0.39, 0.29) is 0 Å². The zero-order valence-electron chi connectivity index (χ0n) is 11.7. The van der Waals surface area contributed by atoms with Gasteiger partial charge >= 0.3 is 0 Å². The van der Waals surface area contributed by atoms with Gasteiger partial charge in [0.1, 0.15) is 0 Å². The minimum Gasteiger partial charge on any atom is -0.235 e. The van der Waals surface area contributed by atoms with E-state index in [0.717, 1.165) is 40.0 Å². The molecule has 2 heterocycles. The lowest BCUT2D eigenvalue weighted by atomic mass is 10.1. The molecule has 4 rings (SSSR count). The highest BCUT2D eigenvalue weighted by atomic mass is 35.5. The van der Waals surface area contributed by atoms with Gasteiger partial charge in [0.25, 0.3) is 0 Å². The molecule has 0 amide bonds. The quantitative estimate of drug-likeness (QED) is 0.715. The molecule has 1 aliphatic rings. The summed E-state index contributed by atoms with van der Waals surface area (Å²) in [4.78, 5) is 4.43. The van der Waals surface area contributed by atoms with E-state index in [0.29, 0.717) is 0 Å².